The van der Waals surface area contributed by atoms with Crippen molar-refractivity contribution >= 4 is 41.5 Å². The number of rotatable bonds is 5. The van der Waals surface area contributed by atoms with Crippen LogP contribution in [0.15, 0.2) is 77.6 Å². The summed E-state index contributed by atoms with van der Waals surface area (Å²) in [4.78, 5) is 31.6. The molecule has 3 amide bonds. The first-order chi connectivity index (χ1) is 20.7. The number of halogens is 2. The Morgan fingerprint density at radius 1 is 0.932 bits per heavy atom. The van der Waals surface area contributed by atoms with E-state index in [1.54, 1.807) is 18.3 Å². The van der Waals surface area contributed by atoms with E-state index in [9.17, 15) is 9.59 Å². The molecular weight excluding hydrogens is 585 g/mol. The van der Waals surface area contributed by atoms with Crippen LogP contribution in [0.4, 0.5) is 20.7 Å². The van der Waals surface area contributed by atoms with Crippen molar-refractivity contribution in [3.8, 4) is 22.4 Å². The monoisotopic (exact) mass is 617 g/mol. The number of nitrogens with zero attached hydrogens (tertiary/aromatic N) is 4. The van der Waals surface area contributed by atoms with Crippen LogP contribution in [-0.4, -0.2) is 57.6 Å². The number of fused-ring (bicyclic) bond motifs is 1. The van der Waals surface area contributed by atoms with Crippen molar-refractivity contribution < 1.29 is 18.5 Å². The summed E-state index contributed by atoms with van der Waals surface area (Å²) in [5, 5.41) is 12.2. The Hall–Kier alpha value is -4.74. The summed E-state index contributed by atoms with van der Waals surface area (Å²) in [6.45, 7) is 8.94. The quantitative estimate of drug-likeness (QED) is 0.216. The lowest BCUT2D eigenvalue weighted by molar-refractivity contribution is 0.0736. The molecule has 5 aromatic rings. The number of hydrogen-bond donors (Lipinski definition) is 3. The average molecular weight is 618 g/mol. The van der Waals surface area contributed by atoms with E-state index in [4.69, 9.17) is 4.52 Å². The van der Waals surface area contributed by atoms with Crippen LogP contribution in [0.2, 0.25) is 0 Å². The topological polar surface area (TPSA) is 117 Å². The van der Waals surface area contributed by atoms with Crippen LogP contribution in [0.1, 0.15) is 36.9 Å². The summed E-state index contributed by atoms with van der Waals surface area (Å²) < 4.78 is 22.2. The summed E-state index contributed by atoms with van der Waals surface area (Å²) in [5.41, 5.74) is 4.33. The second-order valence-corrected chi connectivity index (χ2v) is 11.5. The van der Waals surface area contributed by atoms with Gasteiger partial charge >= 0.3 is 6.03 Å². The molecule has 3 N–H and O–H groups in total. The Morgan fingerprint density at radius 3 is 2.34 bits per heavy atom. The van der Waals surface area contributed by atoms with Gasteiger partial charge in [-0.05, 0) is 47.5 Å². The smallest absolute Gasteiger partial charge is 0.325 e. The maximum Gasteiger partial charge on any atom is 0.325 e. The minimum Gasteiger partial charge on any atom is -0.359 e. The van der Waals surface area contributed by atoms with Crippen molar-refractivity contribution in [3.63, 3.8) is 0 Å². The van der Waals surface area contributed by atoms with Gasteiger partial charge in [0, 0.05) is 55.0 Å². The largest absolute Gasteiger partial charge is 0.359 e. The van der Waals surface area contributed by atoms with Crippen LogP contribution in [0, 0.1) is 5.82 Å². The molecule has 12 heteroatoms. The first-order valence-electron chi connectivity index (χ1n) is 14.1. The van der Waals surface area contributed by atoms with E-state index in [1.807, 2.05) is 72.7 Å². The molecule has 44 heavy (non-hydrogen) atoms. The van der Waals surface area contributed by atoms with Gasteiger partial charge in [-0.3, -0.25) is 14.5 Å². The standard InChI is InChI=1S/C32H32FN7O3.ClH/c1-32(2,3)27-18-28(38-43-27)37-31(42)36-25-9-8-23(16-24(25)33)26-19-35-29-17-22(10-13-40(26)29)20-4-6-21(7-5-20)30(41)39-14-11-34-12-15-39;/h4-10,13,16-19,34H,11-12,14-15H2,1-3H3,(H2,36,37,38,42);1H. The van der Waals surface area contributed by atoms with Crippen LogP contribution < -0.4 is 16.0 Å². The van der Waals surface area contributed by atoms with Crippen LogP contribution in [0.3, 0.4) is 0 Å². The summed E-state index contributed by atoms with van der Waals surface area (Å²) in [6.07, 6.45) is 3.56. The zero-order chi connectivity index (χ0) is 30.1. The van der Waals surface area contributed by atoms with Gasteiger partial charge in [0.25, 0.3) is 5.91 Å². The highest BCUT2D eigenvalue weighted by Crippen LogP contribution is 2.29. The first kappa shape index (κ1) is 30.7. The molecule has 0 atom stereocenters. The van der Waals surface area contributed by atoms with Crippen molar-refractivity contribution in [2.45, 2.75) is 26.2 Å². The number of pyridine rings is 1. The number of imidazole rings is 1. The van der Waals surface area contributed by atoms with Gasteiger partial charge in [-0.15, -0.1) is 12.4 Å². The van der Waals surface area contributed by atoms with E-state index in [-0.39, 0.29) is 35.2 Å². The fraction of sp³-hybridized carbons (Fsp3) is 0.250. The number of piperazine rings is 1. The normalized spacial score (nSPS) is 13.4. The van der Waals surface area contributed by atoms with Gasteiger partial charge in [0.15, 0.2) is 5.82 Å². The number of urea groups is 1. The second-order valence-electron chi connectivity index (χ2n) is 11.5. The Morgan fingerprint density at radius 2 is 1.66 bits per heavy atom. The lowest BCUT2D eigenvalue weighted by Crippen LogP contribution is -2.46. The molecule has 0 saturated carbocycles. The van der Waals surface area contributed by atoms with Gasteiger partial charge in [-0.2, -0.15) is 0 Å². The average Bonchev–Trinajstić information content (AvgIpc) is 3.65. The highest BCUT2D eigenvalue weighted by Gasteiger charge is 2.21. The van der Waals surface area contributed by atoms with E-state index in [0.29, 0.717) is 41.3 Å². The van der Waals surface area contributed by atoms with E-state index in [1.165, 1.54) is 12.1 Å². The van der Waals surface area contributed by atoms with E-state index in [2.05, 4.69) is 26.1 Å². The first-order valence-corrected chi connectivity index (χ1v) is 14.1. The molecule has 1 saturated heterocycles. The van der Waals surface area contributed by atoms with Crippen LogP contribution in [0.5, 0.6) is 0 Å². The molecular formula is C32H33ClFN7O3. The number of carbonyl (C=O) groups is 2. The molecule has 4 heterocycles. The SMILES string of the molecule is CC(C)(C)c1cc(NC(=O)Nc2ccc(-c3cnc4cc(-c5ccc(C(=O)N6CCNCC6)cc5)ccn34)cc2F)no1.Cl. The zero-order valence-corrected chi connectivity index (χ0v) is 25.4. The van der Waals surface area contributed by atoms with Gasteiger partial charge in [0.05, 0.1) is 17.6 Å². The van der Waals surface area contributed by atoms with E-state index < -0.39 is 11.8 Å². The predicted octanol–water partition coefficient (Wildman–Crippen LogP) is 6.20. The molecule has 228 valence electrons. The molecule has 3 aromatic heterocycles. The number of benzene rings is 2. The minimum absolute atomic E-state index is 0. The molecule has 0 aliphatic carbocycles. The highest BCUT2D eigenvalue weighted by molar-refractivity contribution is 5.99. The third-order valence-corrected chi connectivity index (χ3v) is 7.39. The predicted molar refractivity (Wildman–Crippen MR) is 170 cm³/mol. The molecule has 0 spiro atoms. The van der Waals surface area contributed by atoms with Crippen molar-refractivity contribution in [2.24, 2.45) is 0 Å². The summed E-state index contributed by atoms with van der Waals surface area (Å²) in [6, 6.07) is 17.1. The molecule has 6 rings (SSSR count). The number of anilines is 2. The molecule has 0 unspecified atom stereocenters. The molecule has 10 nitrogen and oxygen atoms in total. The van der Waals surface area contributed by atoms with Crippen molar-refractivity contribution in [1.29, 1.82) is 0 Å². The molecule has 0 radical (unpaired) electrons. The maximum absolute atomic E-state index is 15.1. The second kappa shape index (κ2) is 12.5. The van der Waals surface area contributed by atoms with Crippen molar-refractivity contribution in [1.82, 2.24) is 24.8 Å². The molecule has 1 aliphatic rings. The Labute approximate surface area is 260 Å². The van der Waals surface area contributed by atoms with Gasteiger partial charge in [0.2, 0.25) is 0 Å². The van der Waals surface area contributed by atoms with Crippen LogP contribution in [-0.2, 0) is 5.41 Å². The fourth-order valence-electron chi connectivity index (χ4n) is 4.96. The molecule has 1 aliphatic heterocycles. The number of carbonyl (C=O) groups excluding carboxylic acids is 2. The van der Waals surface area contributed by atoms with Crippen molar-refractivity contribution in [3.05, 3.63) is 90.2 Å². The number of hydrogen-bond acceptors (Lipinski definition) is 6. The fourth-order valence-corrected chi connectivity index (χ4v) is 4.96. The third kappa shape index (κ3) is 6.43. The van der Waals surface area contributed by atoms with Crippen LogP contribution in [0.25, 0.3) is 28.0 Å². The maximum atomic E-state index is 15.1. The summed E-state index contributed by atoms with van der Waals surface area (Å²) >= 11 is 0. The number of amides is 3. The van der Waals surface area contributed by atoms with Crippen molar-refractivity contribution in [2.75, 3.05) is 36.8 Å². The highest BCUT2D eigenvalue weighted by atomic mass is 35.5. The van der Waals surface area contributed by atoms with Gasteiger partial charge < -0.3 is 20.1 Å². The zero-order valence-electron chi connectivity index (χ0n) is 24.6. The molecule has 2 aromatic carbocycles. The Bertz CT molecular complexity index is 1800. The number of aromatic nitrogens is 3. The Kier molecular flexibility index (Phi) is 8.70. The van der Waals surface area contributed by atoms with E-state index in [0.717, 1.165) is 24.2 Å². The third-order valence-electron chi connectivity index (χ3n) is 7.39. The van der Waals surface area contributed by atoms with E-state index >= 15 is 4.39 Å². The van der Waals surface area contributed by atoms with Gasteiger partial charge in [-0.25, -0.2) is 14.2 Å². The molecule has 0 bridgehead atoms. The minimum atomic E-state index is -0.635. The number of nitrogens with one attached hydrogen (secondary N) is 3. The summed E-state index contributed by atoms with van der Waals surface area (Å²) in [7, 11) is 0. The van der Waals surface area contributed by atoms with Gasteiger partial charge in [-0.1, -0.05) is 44.1 Å². The lowest BCUT2D eigenvalue weighted by atomic mass is 9.93. The lowest BCUT2D eigenvalue weighted by Gasteiger charge is -2.27. The van der Waals surface area contributed by atoms with Crippen LogP contribution >= 0.6 is 12.4 Å². The van der Waals surface area contributed by atoms with Gasteiger partial charge in [0.1, 0.15) is 17.2 Å². The Balaban J connectivity index is 0.00000384. The molecule has 1 fully saturated rings. The summed E-state index contributed by atoms with van der Waals surface area (Å²) in [5.74, 6) is 0.309.